The Morgan fingerprint density at radius 3 is 2.20 bits per heavy atom. The van der Waals surface area contributed by atoms with Crippen molar-refractivity contribution in [1.29, 1.82) is 5.41 Å². The van der Waals surface area contributed by atoms with Gasteiger partial charge in [0.15, 0.2) is 9.84 Å². The van der Waals surface area contributed by atoms with Gasteiger partial charge in [-0.15, -0.1) is 12.4 Å². The Labute approximate surface area is 123 Å². The lowest BCUT2D eigenvalue weighted by atomic mass is 10.2. The van der Waals surface area contributed by atoms with E-state index in [1.165, 1.54) is 17.0 Å². The van der Waals surface area contributed by atoms with Crippen molar-refractivity contribution in [3.05, 3.63) is 35.5 Å². The third-order valence-corrected chi connectivity index (χ3v) is 3.90. The Hall–Kier alpha value is -1.86. The zero-order valence-corrected chi connectivity index (χ0v) is 12.5. The van der Waals surface area contributed by atoms with Crippen LogP contribution in [-0.2, 0) is 14.6 Å². The average Bonchev–Trinajstić information content (AvgIpc) is 2.56. The molecule has 1 heterocycles. The lowest BCUT2D eigenvalue weighted by Crippen LogP contribution is -2.25. The van der Waals surface area contributed by atoms with Gasteiger partial charge in [0.1, 0.15) is 5.70 Å². The highest BCUT2D eigenvalue weighted by Crippen LogP contribution is 2.16. The first kappa shape index (κ1) is 16.2. The van der Waals surface area contributed by atoms with E-state index in [-0.39, 0.29) is 29.2 Å². The molecular formula is C12H14ClN3O3S. The highest BCUT2D eigenvalue weighted by atomic mass is 35.5. The molecule has 0 bridgehead atoms. The summed E-state index contributed by atoms with van der Waals surface area (Å²) in [4.78, 5) is 13.2. The van der Waals surface area contributed by atoms with Crippen LogP contribution in [0.1, 0.15) is 5.56 Å². The van der Waals surface area contributed by atoms with E-state index in [0.29, 0.717) is 11.3 Å². The molecule has 0 spiro atoms. The van der Waals surface area contributed by atoms with Crippen LogP contribution in [-0.4, -0.2) is 38.5 Å². The van der Waals surface area contributed by atoms with Crippen LogP contribution in [0, 0.1) is 5.41 Å². The van der Waals surface area contributed by atoms with Gasteiger partial charge in [-0.25, -0.2) is 8.42 Å². The number of carbonyl (C=O) groups is 1. The molecule has 1 aliphatic rings. The summed E-state index contributed by atoms with van der Waals surface area (Å²) in [5.74, 6) is -0.330. The van der Waals surface area contributed by atoms with Crippen molar-refractivity contribution < 1.29 is 13.2 Å². The van der Waals surface area contributed by atoms with Gasteiger partial charge in [0.25, 0.3) is 5.91 Å². The quantitative estimate of drug-likeness (QED) is 0.792. The Kier molecular flexibility index (Phi) is 4.57. The van der Waals surface area contributed by atoms with Crippen LogP contribution < -0.4 is 5.32 Å². The second-order valence-electron chi connectivity index (χ2n) is 4.23. The lowest BCUT2D eigenvalue weighted by Gasteiger charge is -2.08. The second-order valence-corrected chi connectivity index (χ2v) is 6.25. The van der Waals surface area contributed by atoms with Gasteiger partial charge in [-0.2, -0.15) is 0 Å². The summed E-state index contributed by atoms with van der Waals surface area (Å²) in [6.07, 6.45) is 2.74. The summed E-state index contributed by atoms with van der Waals surface area (Å²) >= 11 is 0. The number of hydrogen-bond donors (Lipinski definition) is 2. The predicted molar refractivity (Wildman–Crippen MR) is 78.4 cm³/mol. The number of likely N-dealkylation sites (N-methyl/N-ethyl adjacent to an activating group) is 1. The minimum Gasteiger partial charge on any atom is -0.311 e. The van der Waals surface area contributed by atoms with Gasteiger partial charge in [-0.1, -0.05) is 12.1 Å². The maximum atomic E-state index is 11.6. The summed E-state index contributed by atoms with van der Waals surface area (Å²) in [5.41, 5.74) is 1.04. The number of benzene rings is 1. The molecular weight excluding hydrogens is 302 g/mol. The molecule has 6 nitrogen and oxygen atoms in total. The third-order valence-electron chi connectivity index (χ3n) is 2.77. The first-order valence-electron chi connectivity index (χ1n) is 5.44. The normalized spacial score (nSPS) is 17.1. The summed E-state index contributed by atoms with van der Waals surface area (Å²) < 4.78 is 22.6. The summed E-state index contributed by atoms with van der Waals surface area (Å²) in [6, 6.07) is 6.21. The van der Waals surface area contributed by atoms with Crippen molar-refractivity contribution in [3.63, 3.8) is 0 Å². The number of sulfone groups is 1. The Morgan fingerprint density at radius 1 is 1.25 bits per heavy atom. The standard InChI is InChI=1S/C12H13N3O3S.ClH/c1-15-10(11(16)14-12(15)13)7-8-3-5-9(6-4-8)19(2,17)18;/h3-7H,1-2H3,(H2,13,14,16);1H/b10-7-;. The molecule has 2 N–H and O–H groups in total. The van der Waals surface area contributed by atoms with Crippen molar-refractivity contribution in [2.24, 2.45) is 0 Å². The topological polar surface area (TPSA) is 90.3 Å². The van der Waals surface area contributed by atoms with Crippen LogP contribution in [0.5, 0.6) is 0 Å². The van der Waals surface area contributed by atoms with Crippen LogP contribution in [0.25, 0.3) is 6.08 Å². The Morgan fingerprint density at radius 2 is 1.80 bits per heavy atom. The van der Waals surface area contributed by atoms with Gasteiger partial charge < -0.3 is 4.90 Å². The van der Waals surface area contributed by atoms with E-state index in [4.69, 9.17) is 5.41 Å². The number of nitrogens with zero attached hydrogens (tertiary/aromatic N) is 1. The van der Waals surface area contributed by atoms with Crippen molar-refractivity contribution in [2.45, 2.75) is 4.90 Å². The number of carbonyl (C=O) groups excluding carboxylic acids is 1. The molecule has 2 rings (SSSR count). The largest absolute Gasteiger partial charge is 0.311 e. The lowest BCUT2D eigenvalue weighted by molar-refractivity contribution is -0.115. The molecule has 0 unspecified atom stereocenters. The van der Waals surface area contributed by atoms with E-state index in [9.17, 15) is 13.2 Å². The molecule has 1 aliphatic heterocycles. The van der Waals surface area contributed by atoms with Crippen molar-refractivity contribution in [2.75, 3.05) is 13.3 Å². The fraction of sp³-hybridized carbons (Fsp3) is 0.167. The fourth-order valence-electron chi connectivity index (χ4n) is 1.66. The second kappa shape index (κ2) is 5.64. The molecule has 1 saturated heterocycles. The average molecular weight is 316 g/mol. The number of rotatable bonds is 2. The Bertz CT molecular complexity index is 680. The first-order valence-corrected chi connectivity index (χ1v) is 7.33. The third kappa shape index (κ3) is 3.17. The summed E-state index contributed by atoms with van der Waals surface area (Å²) in [5, 5.41) is 9.85. The summed E-state index contributed by atoms with van der Waals surface area (Å²) in [7, 11) is -1.61. The number of halogens is 1. The van der Waals surface area contributed by atoms with Gasteiger partial charge in [-0.3, -0.25) is 15.5 Å². The molecule has 0 saturated carbocycles. The maximum absolute atomic E-state index is 11.6. The summed E-state index contributed by atoms with van der Waals surface area (Å²) in [6.45, 7) is 0. The molecule has 108 valence electrons. The van der Waals surface area contributed by atoms with E-state index >= 15 is 0 Å². The molecule has 1 fully saturated rings. The number of amides is 1. The molecule has 8 heteroatoms. The van der Waals surface area contributed by atoms with Gasteiger partial charge in [0.2, 0.25) is 5.96 Å². The molecule has 1 aromatic carbocycles. The van der Waals surface area contributed by atoms with E-state index in [2.05, 4.69) is 5.32 Å². The van der Waals surface area contributed by atoms with Crippen LogP contribution in [0.3, 0.4) is 0 Å². The zero-order chi connectivity index (χ0) is 14.2. The highest BCUT2D eigenvalue weighted by molar-refractivity contribution is 7.90. The van der Waals surface area contributed by atoms with E-state index in [1.54, 1.807) is 25.3 Å². The molecule has 1 aromatic rings. The number of guanidine groups is 1. The van der Waals surface area contributed by atoms with E-state index in [0.717, 1.165) is 6.26 Å². The molecule has 0 atom stereocenters. The maximum Gasteiger partial charge on any atom is 0.274 e. The van der Waals surface area contributed by atoms with Gasteiger partial charge in [-0.05, 0) is 23.8 Å². The minimum absolute atomic E-state index is 0. The van der Waals surface area contributed by atoms with Crippen molar-refractivity contribution in [3.8, 4) is 0 Å². The number of hydrogen-bond acceptors (Lipinski definition) is 4. The van der Waals surface area contributed by atoms with Gasteiger partial charge in [0, 0.05) is 13.3 Å². The van der Waals surface area contributed by atoms with Crippen LogP contribution >= 0.6 is 12.4 Å². The number of nitrogens with one attached hydrogen (secondary N) is 2. The van der Waals surface area contributed by atoms with Crippen molar-refractivity contribution in [1.82, 2.24) is 10.2 Å². The van der Waals surface area contributed by atoms with Crippen LogP contribution in [0.2, 0.25) is 0 Å². The molecule has 1 amide bonds. The fourth-order valence-corrected chi connectivity index (χ4v) is 2.29. The van der Waals surface area contributed by atoms with Gasteiger partial charge in [0.05, 0.1) is 4.90 Å². The monoisotopic (exact) mass is 315 g/mol. The van der Waals surface area contributed by atoms with E-state index in [1.807, 2.05) is 0 Å². The van der Waals surface area contributed by atoms with Crippen molar-refractivity contribution >= 4 is 40.2 Å². The van der Waals surface area contributed by atoms with E-state index < -0.39 is 9.84 Å². The molecule has 20 heavy (non-hydrogen) atoms. The Balaban J connectivity index is 0.00000200. The minimum atomic E-state index is -3.22. The zero-order valence-electron chi connectivity index (χ0n) is 10.9. The predicted octanol–water partition coefficient (Wildman–Crippen LogP) is 0.849. The highest BCUT2D eigenvalue weighted by Gasteiger charge is 2.26. The van der Waals surface area contributed by atoms with Gasteiger partial charge >= 0.3 is 0 Å². The smallest absolute Gasteiger partial charge is 0.274 e. The molecule has 0 aliphatic carbocycles. The van der Waals surface area contributed by atoms with Crippen LogP contribution in [0.4, 0.5) is 0 Å². The first-order chi connectivity index (χ1) is 8.79. The SMILES string of the molecule is CN1C(=N)NC(=O)/C1=C/c1ccc(S(C)(=O)=O)cc1.Cl. The molecule has 0 radical (unpaired) electrons. The molecule has 0 aromatic heterocycles. The van der Waals surface area contributed by atoms with Crippen LogP contribution in [0.15, 0.2) is 34.9 Å².